The zero-order valence-electron chi connectivity index (χ0n) is 27.1. The third-order valence-corrected chi connectivity index (χ3v) is 8.34. The Labute approximate surface area is 271 Å². The van der Waals surface area contributed by atoms with Crippen molar-refractivity contribution in [2.45, 2.75) is 57.8 Å². The minimum atomic E-state index is -5.06. The number of rotatable bonds is 12. The Morgan fingerprint density at radius 2 is 1.51 bits per heavy atom. The summed E-state index contributed by atoms with van der Waals surface area (Å²) in [7, 11) is 1.56. The molecule has 4 rings (SSSR count). The average Bonchev–Trinajstić information content (AvgIpc) is 2.99. The minimum Gasteiger partial charge on any atom is -0.467 e. The molecule has 0 aliphatic carbocycles. The molecule has 0 aromatic heterocycles. The second kappa shape index (κ2) is 16.0. The maximum Gasteiger partial charge on any atom is 0.416 e. The van der Waals surface area contributed by atoms with E-state index in [-0.39, 0.29) is 31.6 Å². The number of alkyl halides is 6. The zero-order valence-corrected chi connectivity index (χ0v) is 27.1. The highest BCUT2D eigenvalue weighted by Crippen LogP contribution is 2.37. The summed E-state index contributed by atoms with van der Waals surface area (Å²) in [5.74, 6) is -0.314. The largest absolute Gasteiger partial charge is 0.467 e. The van der Waals surface area contributed by atoms with E-state index in [1.807, 2.05) is 39.0 Å². The fraction of sp³-hybridized carbons (Fsp3) is 0.606. The summed E-state index contributed by atoms with van der Waals surface area (Å²) in [6.07, 6.45) is -9.63. The number of morpholine rings is 1. The van der Waals surface area contributed by atoms with E-state index >= 15 is 0 Å². The number of carbonyl (C=O) groups excluding carboxylic acids is 1. The highest BCUT2D eigenvalue weighted by Gasteiger charge is 2.39. The highest BCUT2D eigenvalue weighted by molar-refractivity contribution is 5.95. The number of hydrogen-bond acceptors (Lipinski definition) is 7. The Kier molecular flexibility index (Phi) is 12.6. The van der Waals surface area contributed by atoms with E-state index in [0.29, 0.717) is 57.2 Å². The maximum absolute atomic E-state index is 13.8. The summed E-state index contributed by atoms with van der Waals surface area (Å²) in [5, 5.41) is 0. The molecule has 0 bridgehead atoms. The average molecular weight is 676 g/mol. The molecule has 3 atom stereocenters. The number of halogens is 6. The van der Waals surface area contributed by atoms with Gasteiger partial charge in [0.15, 0.2) is 6.79 Å². The number of nitrogens with zero attached hydrogens (tertiary/aromatic N) is 3. The summed E-state index contributed by atoms with van der Waals surface area (Å²) in [6, 6.07) is 6.06. The number of piperazine rings is 1. The first-order valence-electron chi connectivity index (χ1n) is 15.6. The van der Waals surface area contributed by atoms with Gasteiger partial charge in [0, 0.05) is 64.5 Å². The van der Waals surface area contributed by atoms with Crippen LogP contribution in [0.25, 0.3) is 0 Å². The van der Waals surface area contributed by atoms with E-state index in [1.165, 1.54) is 4.90 Å². The van der Waals surface area contributed by atoms with Gasteiger partial charge in [-0.15, -0.1) is 0 Å². The third-order valence-electron chi connectivity index (χ3n) is 8.34. The molecule has 14 heteroatoms. The lowest BCUT2D eigenvalue weighted by atomic mass is 9.98. The number of aryl methyl sites for hydroxylation is 1. The number of methoxy groups -OCH3 is 1. The number of ether oxygens (including phenoxy) is 4. The van der Waals surface area contributed by atoms with Crippen molar-refractivity contribution in [1.29, 1.82) is 0 Å². The summed E-state index contributed by atoms with van der Waals surface area (Å²) in [6.45, 7) is 10.6. The Bertz CT molecular complexity index is 1300. The molecule has 0 N–H and O–H groups in total. The molecular formula is C33H43F6N3O5. The first-order valence-corrected chi connectivity index (χ1v) is 15.6. The van der Waals surface area contributed by atoms with Crippen molar-refractivity contribution in [1.82, 2.24) is 14.7 Å². The van der Waals surface area contributed by atoms with Gasteiger partial charge in [0.2, 0.25) is 0 Å². The molecule has 0 spiro atoms. The van der Waals surface area contributed by atoms with Gasteiger partial charge in [-0.05, 0) is 62.6 Å². The van der Waals surface area contributed by atoms with Gasteiger partial charge < -0.3 is 23.8 Å². The van der Waals surface area contributed by atoms with Crippen LogP contribution in [0.2, 0.25) is 0 Å². The Balaban J connectivity index is 1.57. The molecule has 2 aromatic rings. The van der Waals surface area contributed by atoms with Crippen LogP contribution in [0.4, 0.5) is 26.3 Å². The topological polar surface area (TPSA) is 63.7 Å². The minimum absolute atomic E-state index is 0.00860. The number of hydrogen-bond donors (Lipinski definition) is 0. The molecular weight excluding hydrogens is 632 g/mol. The molecule has 2 aliphatic rings. The van der Waals surface area contributed by atoms with Crippen LogP contribution in [-0.2, 0) is 33.0 Å². The summed E-state index contributed by atoms with van der Waals surface area (Å²) in [5.41, 5.74) is -2.05. The second-order valence-electron chi connectivity index (χ2n) is 12.2. The molecule has 2 aliphatic heterocycles. The van der Waals surface area contributed by atoms with Crippen molar-refractivity contribution in [2.24, 2.45) is 0 Å². The van der Waals surface area contributed by atoms with Gasteiger partial charge in [0.1, 0.15) is 5.75 Å². The predicted octanol–water partition coefficient (Wildman–Crippen LogP) is 5.51. The molecule has 0 radical (unpaired) electrons. The van der Waals surface area contributed by atoms with E-state index in [4.69, 9.17) is 18.9 Å². The monoisotopic (exact) mass is 675 g/mol. The smallest absolute Gasteiger partial charge is 0.416 e. The van der Waals surface area contributed by atoms with E-state index in [9.17, 15) is 31.1 Å². The van der Waals surface area contributed by atoms with Gasteiger partial charge in [-0.3, -0.25) is 14.6 Å². The molecule has 2 aromatic carbocycles. The molecule has 3 unspecified atom stereocenters. The van der Waals surface area contributed by atoms with E-state index in [0.717, 1.165) is 30.8 Å². The first-order chi connectivity index (χ1) is 22.1. The number of benzene rings is 2. The van der Waals surface area contributed by atoms with E-state index in [1.54, 1.807) is 7.11 Å². The second-order valence-corrected chi connectivity index (χ2v) is 12.2. The summed E-state index contributed by atoms with van der Waals surface area (Å²) >= 11 is 0. The highest BCUT2D eigenvalue weighted by atomic mass is 19.4. The fourth-order valence-corrected chi connectivity index (χ4v) is 6.06. The van der Waals surface area contributed by atoms with Gasteiger partial charge in [0.25, 0.3) is 5.91 Å². The van der Waals surface area contributed by atoms with Crippen LogP contribution in [0, 0.1) is 6.92 Å². The van der Waals surface area contributed by atoms with E-state index in [2.05, 4.69) is 9.80 Å². The standard InChI is InChI=1S/C33H43F6N3O5/c1-22-5-6-25(14-30(22)46-21-45-12-11-44-4)13-29-20-40(7-8-41-18-23(2)47-24(3)19-41)9-10-42(29)31(43)26-15-27(32(34,35)36)17-28(16-26)33(37,38)39/h5-6,14-17,23-24,29H,7-13,18-21H2,1-4H3. The van der Waals surface area contributed by atoms with Gasteiger partial charge in [-0.1, -0.05) is 12.1 Å². The quantitative estimate of drug-likeness (QED) is 0.167. The van der Waals surface area contributed by atoms with Crippen LogP contribution >= 0.6 is 0 Å². The molecule has 0 saturated carbocycles. The van der Waals surface area contributed by atoms with Crippen LogP contribution in [0.15, 0.2) is 36.4 Å². The van der Waals surface area contributed by atoms with Crippen LogP contribution in [0.5, 0.6) is 5.75 Å². The molecule has 2 fully saturated rings. The van der Waals surface area contributed by atoms with Gasteiger partial charge >= 0.3 is 12.4 Å². The Hall–Kier alpha value is -2.91. The maximum atomic E-state index is 13.8. The lowest BCUT2D eigenvalue weighted by Gasteiger charge is -2.43. The van der Waals surface area contributed by atoms with Gasteiger partial charge in [-0.2, -0.15) is 26.3 Å². The molecule has 2 heterocycles. The van der Waals surface area contributed by atoms with E-state index < -0.39 is 41.0 Å². The Morgan fingerprint density at radius 3 is 2.13 bits per heavy atom. The SMILES string of the molecule is COCCOCOc1cc(CC2CN(CCN3CC(C)OC(C)C3)CCN2C(=O)c2cc(C(F)(F)F)cc(C(F)(F)F)c2)ccc1C. The van der Waals surface area contributed by atoms with Crippen molar-refractivity contribution in [3.05, 3.63) is 64.2 Å². The van der Waals surface area contributed by atoms with Gasteiger partial charge in [-0.25, -0.2) is 0 Å². The van der Waals surface area contributed by atoms with Crippen LogP contribution < -0.4 is 4.74 Å². The lowest BCUT2D eigenvalue weighted by molar-refractivity contribution is -0.143. The summed E-state index contributed by atoms with van der Waals surface area (Å²) in [4.78, 5) is 19.7. The number of carbonyl (C=O) groups is 1. The molecule has 8 nitrogen and oxygen atoms in total. The zero-order chi connectivity index (χ0) is 34.4. The van der Waals surface area contributed by atoms with Crippen LogP contribution in [-0.4, -0.2) is 112 Å². The van der Waals surface area contributed by atoms with Crippen LogP contribution in [0.3, 0.4) is 0 Å². The van der Waals surface area contributed by atoms with Crippen LogP contribution in [0.1, 0.15) is 46.5 Å². The van der Waals surface area contributed by atoms with Crippen molar-refractivity contribution >= 4 is 5.91 Å². The fourth-order valence-electron chi connectivity index (χ4n) is 6.06. The molecule has 47 heavy (non-hydrogen) atoms. The van der Waals surface area contributed by atoms with Crippen molar-refractivity contribution < 1.29 is 50.1 Å². The van der Waals surface area contributed by atoms with Gasteiger partial charge in [0.05, 0.1) is 36.5 Å². The first kappa shape index (κ1) is 36.9. The predicted molar refractivity (Wildman–Crippen MR) is 162 cm³/mol. The normalized spacial score (nSPS) is 21.7. The Morgan fingerprint density at radius 1 is 0.872 bits per heavy atom. The molecule has 2 saturated heterocycles. The lowest BCUT2D eigenvalue weighted by Crippen LogP contribution is -2.57. The van der Waals surface area contributed by atoms with Crippen molar-refractivity contribution in [3.63, 3.8) is 0 Å². The summed E-state index contributed by atoms with van der Waals surface area (Å²) < 4.78 is 104. The third kappa shape index (κ3) is 10.5. The molecule has 262 valence electrons. The van der Waals surface area contributed by atoms with Crippen molar-refractivity contribution in [2.75, 3.05) is 72.9 Å². The number of amides is 1. The molecule has 1 amide bonds. The van der Waals surface area contributed by atoms with Crippen molar-refractivity contribution in [3.8, 4) is 5.75 Å².